The lowest BCUT2D eigenvalue weighted by atomic mass is 10.0. The van der Waals surface area contributed by atoms with Gasteiger partial charge in [0.1, 0.15) is 0 Å². The second-order valence-electron chi connectivity index (χ2n) is 3.34. The lowest BCUT2D eigenvalue weighted by molar-refractivity contribution is 0.854. The maximum atomic E-state index is 4.32. The van der Waals surface area contributed by atoms with Gasteiger partial charge in [-0.05, 0) is 37.5 Å². The Balaban J connectivity index is 3.08. The smallest absolute Gasteiger partial charge is 0.0378 e. The molecule has 1 aromatic rings. The molecule has 11 heavy (non-hydrogen) atoms. The predicted molar refractivity (Wildman–Crippen MR) is 47.8 cm³/mol. The molecular weight excluding hydrogens is 134 g/mol. The van der Waals surface area contributed by atoms with E-state index in [0.717, 1.165) is 11.4 Å². The Bertz CT molecular complexity index is 231. The number of rotatable bonds is 1. The van der Waals surface area contributed by atoms with Crippen molar-refractivity contribution in [2.24, 2.45) is 0 Å². The van der Waals surface area contributed by atoms with E-state index in [1.807, 2.05) is 13.8 Å². The molecule has 0 aliphatic heterocycles. The van der Waals surface area contributed by atoms with Crippen LogP contribution in [0.15, 0.2) is 12.1 Å². The summed E-state index contributed by atoms with van der Waals surface area (Å²) in [6.07, 6.45) is 0. The van der Waals surface area contributed by atoms with E-state index < -0.39 is 0 Å². The Morgan fingerprint density at radius 1 is 1.09 bits per heavy atom. The average Bonchev–Trinajstić information content (AvgIpc) is 1.85. The van der Waals surface area contributed by atoms with E-state index in [1.54, 1.807) is 0 Å². The average molecular weight is 149 g/mol. The SMILES string of the molecule is Cc1cc(C(C)C)cc(C)n1. The summed E-state index contributed by atoms with van der Waals surface area (Å²) in [6, 6.07) is 4.30. The molecule has 0 atom stereocenters. The van der Waals surface area contributed by atoms with Crippen molar-refractivity contribution in [3.8, 4) is 0 Å². The molecule has 1 rings (SSSR count). The molecule has 1 nitrogen and oxygen atoms in total. The number of aromatic nitrogens is 1. The van der Waals surface area contributed by atoms with Gasteiger partial charge < -0.3 is 0 Å². The third-order valence-corrected chi connectivity index (χ3v) is 1.77. The van der Waals surface area contributed by atoms with Crippen molar-refractivity contribution < 1.29 is 0 Å². The highest BCUT2D eigenvalue weighted by atomic mass is 14.7. The fraction of sp³-hybridized carbons (Fsp3) is 0.500. The summed E-state index contributed by atoms with van der Waals surface area (Å²) < 4.78 is 0. The van der Waals surface area contributed by atoms with Crippen LogP contribution in [0.4, 0.5) is 0 Å². The molecule has 0 amide bonds. The Hall–Kier alpha value is -0.850. The van der Waals surface area contributed by atoms with Crippen LogP contribution in [0.1, 0.15) is 36.7 Å². The van der Waals surface area contributed by atoms with Gasteiger partial charge >= 0.3 is 0 Å². The summed E-state index contributed by atoms with van der Waals surface area (Å²) in [6.45, 7) is 8.49. The molecule has 0 unspecified atom stereocenters. The van der Waals surface area contributed by atoms with Gasteiger partial charge in [0.25, 0.3) is 0 Å². The zero-order chi connectivity index (χ0) is 8.43. The van der Waals surface area contributed by atoms with E-state index in [-0.39, 0.29) is 0 Å². The maximum Gasteiger partial charge on any atom is 0.0378 e. The molecule has 60 valence electrons. The lowest BCUT2D eigenvalue weighted by Gasteiger charge is -2.06. The van der Waals surface area contributed by atoms with Crippen LogP contribution in [-0.4, -0.2) is 4.98 Å². The fourth-order valence-electron chi connectivity index (χ4n) is 1.20. The molecule has 0 bridgehead atoms. The van der Waals surface area contributed by atoms with Crippen molar-refractivity contribution in [1.29, 1.82) is 0 Å². The zero-order valence-corrected chi connectivity index (χ0v) is 7.68. The molecule has 1 aromatic heterocycles. The monoisotopic (exact) mass is 149 g/mol. The molecular formula is C10H15N. The molecule has 0 radical (unpaired) electrons. The van der Waals surface area contributed by atoms with Crippen molar-refractivity contribution in [2.45, 2.75) is 33.6 Å². The van der Waals surface area contributed by atoms with Crippen LogP contribution >= 0.6 is 0 Å². The van der Waals surface area contributed by atoms with Crippen molar-refractivity contribution in [2.75, 3.05) is 0 Å². The van der Waals surface area contributed by atoms with E-state index in [9.17, 15) is 0 Å². The summed E-state index contributed by atoms with van der Waals surface area (Å²) in [5.74, 6) is 0.607. The standard InChI is InChI=1S/C10H15N/c1-7(2)10-5-8(3)11-9(4)6-10/h5-7H,1-4H3. The van der Waals surface area contributed by atoms with Crippen LogP contribution in [0.3, 0.4) is 0 Å². The highest BCUT2D eigenvalue weighted by Crippen LogP contribution is 2.15. The van der Waals surface area contributed by atoms with Gasteiger partial charge in [-0.15, -0.1) is 0 Å². The highest BCUT2D eigenvalue weighted by molar-refractivity contribution is 5.22. The summed E-state index contributed by atoms with van der Waals surface area (Å²) in [5, 5.41) is 0. The van der Waals surface area contributed by atoms with Crippen molar-refractivity contribution >= 4 is 0 Å². The van der Waals surface area contributed by atoms with Crippen LogP contribution in [0, 0.1) is 13.8 Å². The quantitative estimate of drug-likeness (QED) is 0.598. The first-order valence-electron chi connectivity index (χ1n) is 4.05. The van der Waals surface area contributed by atoms with Crippen molar-refractivity contribution in [3.63, 3.8) is 0 Å². The molecule has 1 heterocycles. The van der Waals surface area contributed by atoms with Gasteiger partial charge in [0.15, 0.2) is 0 Å². The number of hydrogen-bond donors (Lipinski definition) is 0. The normalized spacial score (nSPS) is 10.6. The van der Waals surface area contributed by atoms with Gasteiger partial charge in [0.2, 0.25) is 0 Å². The van der Waals surface area contributed by atoms with E-state index in [2.05, 4.69) is 31.0 Å². The van der Waals surface area contributed by atoms with Gasteiger partial charge in [0, 0.05) is 11.4 Å². The highest BCUT2D eigenvalue weighted by Gasteiger charge is 2.00. The van der Waals surface area contributed by atoms with Crippen LogP contribution < -0.4 is 0 Å². The Kier molecular flexibility index (Phi) is 2.28. The number of nitrogens with zero attached hydrogens (tertiary/aromatic N) is 1. The third kappa shape index (κ3) is 2.04. The molecule has 0 saturated carbocycles. The second-order valence-corrected chi connectivity index (χ2v) is 3.34. The van der Waals surface area contributed by atoms with E-state index >= 15 is 0 Å². The zero-order valence-electron chi connectivity index (χ0n) is 7.68. The predicted octanol–water partition coefficient (Wildman–Crippen LogP) is 2.82. The first-order valence-corrected chi connectivity index (χ1v) is 4.05. The summed E-state index contributed by atoms with van der Waals surface area (Å²) in [5.41, 5.74) is 3.62. The summed E-state index contributed by atoms with van der Waals surface area (Å²) in [4.78, 5) is 4.32. The Morgan fingerprint density at radius 2 is 1.55 bits per heavy atom. The maximum absolute atomic E-state index is 4.32. The largest absolute Gasteiger partial charge is 0.258 e. The molecule has 1 heteroatoms. The molecule has 0 saturated heterocycles. The molecule has 0 fully saturated rings. The Morgan fingerprint density at radius 3 is 1.91 bits per heavy atom. The lowest BCUT2D eigenvalue weighted by Crippen LogP contribution is -1.92. The summed E-state index contributed by atoms with van der Waals surface area (Å²) >= 11 is 0. The minimum Gasteiger partial charge on any atom is -0.258 e. The van der Waals surface area contributed by atoms with Crippen molar-refractivity contribution in [1.82, 2.24) is 4.98 Å². The van der Waals surface area contributed by atoms with E-state index in [0.29, 0.717) is 5.92 Å². The fourth-order valence-corrected chi connectivity index (χ4v) is 1.20. The van der Waals surface area contributed by atoms with Crippen LogP contribution in [-0.2, 0) is 0 Å². The van der Waals surface area contributed by atoms with Gasteiger partial charge in [-0.3, -0.25) is 4.98 Å². The van der Waals surface area contributed by atoms with Crippen LogP contribution in [0.25, 0.3) is 0 Å². The van der Waals surface area contributed by atoms with Gasteiger partial charge in [-0.1, -0.05) is 13.8 Å². The molecule has 0 aliphatic rings. The molecule has 0 aliphatic carbocycles. The second kappa shape index (κ2) is 3.04. The number of hydrogen-bond acceptors (Lipinski definition) is 1. The molecule has 0 N–H and O–H groups in total. The molecule has 0 aromatic carbocycles. The van der Waals surface area contributed by atoms with Gasteiger partial charge in [0.05, 0.1) is 0 Å². The summed E-state index contributed by atoms with van der Waals surface area (Å²) in [7, 11) is 0. The first-order chi connectivity index (χ1) is 5.09. The van der Waals surface area contributed by atoms with Crippen LogP contribution in [0.2, 0.25) is 0 Å². The minimum absolute atomic E-state index is 0.607. The number of aryl methyl sites for hydroxylation is 2. The van der Waals surface area contributed by atoms with Crippen molar-refractivity contribution in [3.05, 3.63) is 29.1 Å². The van der Waals surface area contributed by atoms with Gasteiger partial charge in [-0.2, -0.15) is 0 Å². The van der Waals surface area contributed by atoms with E-state index in [1.165, 1.54) is 5.56 Å². The number of pyridine rings is 1. The molecule has 0 spiro atoms. The third-order valence-electron chi connectivity index (χ3n) is 1.77. The first kappa shape index (κ1) is 8.25. The van der Waals surface area contributed by atoms with E-state index in [4.69, 9.17) is 0 Å². The van der Waals surface area contributed by atoms with Crippen LogP contribution in [0.5, 0.6) is 0 Å². The Labute approximate surface area is 68.5 Å². The topological polar surface area (TPSA) is 12.9 Å². The van der Waals surface area contributed by atoms with Gasteiger partial charge in [-0.25, -0.2) is 0 Å². The minimum atomic E-state index is 0.607.